The summed E-state index contributed by atoms with van der Waals surface area (Å²) >= 11 is 5.53. The van der Waals surface area contributed by atoms with Crippen LogP contribution in [0.5, 0.6) is 0 Å². The fourth-order valence-corrected chi connectivity index (χ4v) is 2.12. The summed E-state index contributed by atoms with van der Waals surface area (Å²) in [4.78, 5) is 23.5. The summed E-state index contributed by atoms with van der Waals surface area (Å²) in [6.45, 7) is 2.51. The lowest BCUT2D eigenvalue weighted by Crippen LogP contribution is -2.41. The van der Waals surface area contributed by atoms with Crippen LogP contribution in [-0.4, -0.2) is 17.7 Å². The highest BCUT2D eigenvalue weighted by Gasteiger charge is 2.40. The van der Waals surface area contributed by atoms with Crippen molar-refractivity contribution in [1.82, 2.24) is 0 Å². The quantitative estimate of drug-likeness (QED) is 0.248. The summed E-state index contributed by atoms with van der Waals surface area (Å²) < 4.78 is 74.7. The SMILES string of the molecule is CC1(C)OC(=O)C(=Cc2c(Cl)cc(C(F)(F)F)c(F)c2F)C(=O)O1. The van der Waals surface area contributed by atoms with E-state index in [1.165, 1.54) is 13.8 Å². The number of esters is 2. The molecule has 24 heavy (non-hydrogen) atoms. The third-order valence-electron chi connectivity index (χ3n) is 2.90. The molecule has 130 valence electrons. The summed E-state index contributed by atoms with van der Waals surface area (Å²) in [5.74, 6) is -8.18. The van der Waals surface area contributed by atoms with Crippen LogP contribution in [-0.2, 0) is 25.2 Å². The molecule has 4 nitrogen and oxygen atoms in total. The van der Waals surface area contributed by atoms with Crippen LogP contribution in [0.1, 0.15) is 25.0 Å². The maximum absolute atomic E-state index is 13.9. The van der Waals surface area contributed by atoms with Gasteiger partial charge < -0.3 is 9.47 Å². The Morgan fingerprint density at radius 1 is 1.08 bits per heavy atom. The van der Waals surface area contributed by atoms with Gasteiger partial charge in [0.05, 0.1) is 10.6 Å². The molecular weight excluding hydrogens is 363 g/mol. The first kappa shape index (κ1) is 18.2. The van der Waals surface area contributed by atoms with Crippen LogP contribution in [0.3, 0.4) is 0 Å². The summed E-state index contributed by atoms with van der Waals surface area (Å²) in [5.41, 5.74) is -3.66. The van der Waals surface area contributed by atoms with Gasteiger partial charge in [0, 0.05) is 19.4 Å². The third kappa shape index (κ3) is 3.35. The van der Waals surface area contributed by atoms with Gasteiger partial charge in [-0.05, 0) is 12.1 Å². The molecule has 0 N–H and O–H groups in total. The number of carbonyl (C=O) groups excluding carboxylic acids is 2. The summed E-state index contributed by atoms with van der Waals surface area (Å²) in [6.07, 6.45) is -4.70. The molecule has 0 bridgehead atoms. The lowest BCUT2D eigenvalue weighted by atomic mass is 10.1. The van der Waals surface area contributed by atoms with E-state index in [2.05, 4.69) is 0 Å². The monoisotopic (exact) mass is 370 g/mol. The average molecular weight is 371 g/mol. The predicted molar refractivity (Wildman–Crippen MR) is 70.6 cm³/mol. The van der Waals surface area contributed by atoms with Crippen LogP contribution >= 0.6 is 11.6 Å². The van der Waals surface area contributed by atoms with Crippen LogP contribution in [0, 0.1) is 11.6 Å². The maximum Gasteiger partial charge on any atom is 0.419 e. The Balaban J connectivity index is 2.57. The highest BCUT2D eigenvalue weighted by molar-refractivity contribution is 6.32. The highest BCUT2D eigenvalue weighted by Crippen LogP contribution is 2.37. The van der Waals surface area contributed by atoms with Crippen molar-refractivity contribution >= 4 is 29.6 Å². The number of alkyl halides is 3. The Labute approximate surface area is 136 Å². The zero-order valence-electron chi connectivity index (χ0n) is 12.1. The number of rotatable bonds is 1. The van der Waals surface area contributed by atoms with E-state index in [4.69, 9.17) is 21.1 Å². The molecule has 2 rings (SSSR count). The van der Waals surface area contributed by atoms with Crippen molar-refractivity contribution < 1.29 is 41.0 Å². The second kappa shape index (κ2) is 5.73. The molecule has 0 radical (unpaired) electrons. The van der Waals surface area contributed by atoms with Gasteiger partial charge in [-0.3, -0.25) is 0 Å². The molecule has 0 atom stereocenters. The van der Waals surface area contributed by atoms with Crippen molar-refractivity contribution in [2.24, 2.45) is 0 Å². The Hall–Kier alpha value is -2.16. The van der Waals surface area contributed by atoms with Crippen molar-refractivity contribution in [2.45, 2.75) is 25.8 Å². The van der Waals surface area contributed by atoms with Gasteiger partial charge in [-0.1, -0.05) is 11.6 Å². The molecule has 10 heteroatoms. The van der Waals surface area contributed by atoms with Crippen molar-refractivity contribution in [3.63, 3.8) is 0 Å². The molecule has 0 aliphatic carbocycles. The molecule has 1 aromatic rings. The van der Waals surface area contributed by atoms with Gasteiger partial charge in [-0.15, -0.1) is 0 Å². The maximum atomic E-state index is 13.9. The number of halogens is 6. The lowest BCUT2D eigenvalue weighted by molar-refractivity contribution is -0.222. The zero-order valence-corrected chi connectivity index (χ0v) is 12.8. The van der Waals surface area contributed by atoms with Crippen molar-refractivity contribution in [3.05, 3.63) is 39.4 Å². The average Bonchev–Trinajstić information content (AvgIpc) is 2.38. The number of hydrogen-bond donors (Lipinski definition) is 0. The number of cyclic esters (lactones) is 2. The molecule has 0 aromatic heterocycles. The molecule has 1 fully saturated rings. The molecule has 0 saturated carbocycles. The largest absolute Gasteiger partial charge is 0.419 e. The number of carbonyl (C=O) groups is 2. The molecular formula is C14H8ClF5O4. The van der Waals surface area contributed by atoms with E-state index in [-0.39, 0.29) is 6.07 Å². The number of benzene rings is 1. The Kier molecular flexibility index (Phi) is 4.34. The second-order valence-electron chi connectivity index (χ2n) is 5.18. The summed E-state index contributed by atoms with van der Waals surface area (Å²) in [5, 5.41) is -0.848. The van der Waals surface area contributed by atoms with Crippen LogP contribution in [0.4, 0.5) is 22.0 Å². The molecule has 0 unspecified atom stereocenters. The number of hydrogen-bond acceptors (Lipinski definition) is 4. The van der Waals surface area contributed by atoms with Crippen molar-refractivity contribution in [3.8, 4) is 0 Å². The Morgan fingerprint density at radius 2 is 1.58 bits per heavy atom. The second-order valence-corrected chi connectivity index (χ2v) is 5.59. The fourth-order valence-electron chi connectivity index (χ4n) is 1.87. The van der Waals surface area contributed by atoms with Crippen LogP contribution < -0.4 is 0 Å². The highest BCUT2D eigenvalue weighted by atomic mass is 35.5. The van der Waals surface area contributed by atoms with Gasteiger partial charge in [-0.2, -0.15) is 13.2 Å². The molecule has 0 spiro atoms. The summed E-state index contributed by atoms with van der Waals surface area (Å²) in [6, 6.07) is 0.149. The normalized spacial score (nSPS) is 17.4. The van der Waals surface area contributed by atoms with E-state index >= 15 is 0 Å². The lowest BCUT2D eigenvalue weighted by Gasteiger charge is -2.29. The predicted octanol–water partition coefficient (Wildman–Crippen LogP) is 3.86. The molecule has 1 saturated heterocycles. The molecule has 1 heterocycles. The number of ether oxygens (including phenoxy) is 2. The van der Waals surface area contributed by atoms with E-state index in [0.717, 1.165) is 0 Å². The van der Waals surface area contributed by atoms with Crippen molar-refractivity contribution in [2.75, 3.05) is 0 Å². The van der Waals surface area contributed by atoms with Crippen LogP contribution in [0.2, 0.25) is 5.02 Å². The van der Waals surface area contributed by atoms with Gasteiger partial charge in [0.2, 0.25) is 0 Å². The smallest absolute Gasteiger partial charge is 0.419 e. The standard InChI is InChI=1S/C14H8ClF5O4/c1-13(2)23-11(21)6(12(22)24-13)3-5-8(15)4-7(14(18,19)20)10(17)9(5)16/h3-4H,1-2H3. The third-order valence-corrected chi connectivity index (χ3v) is 3.22. The van der Waals surface area contributed by atoms with E-state index in [1.54, 1.807) is 0 Å². The molecule has 0 amide bonds. The first-order valence-electron chi connectivity index (χ1n) is 6.26. The Bertz CT molecular complexity index is 745. The van der Waals surface area contributed by atoms with Crippen LogP contribution in [0.15, 0.2) is 11.6 Å². The van der Waals surface area contributed by atoms with E-state index in [0.29, 0.717) is 6.08 Å². The molecule has 1 aliphatic heterocycles. The van der Waals surface area contributed by atoms with Gasteiger partial charge in [0.25, 0.3) is 5.79 Å². The van der Waals surface area contributed by atoms with Gasteiger partial charge in [0.1, 0.15) is 5.57 Å². The van der Waals surface area contributed by atoms with Crippen molar-refractivity contribution in [1.29, 1.82) is 0 Å². The minimum Gasteiger partial charge on any atom is -0.419 e. The summed E-state index contributed by atoms with van der Waals surface area (Å²) in [7, 11) is 0. The van der Waals surface area contributed by atoms with Gasteiger partial charge in [0.15, 0.2) is 11.6 Å². The fraction of sp³-hybridized carbons (Fsp3) is 0.286. The first-order chi connectivity index (χ1) is 10.8. The topological polar surface area (TPSA) is 52.6 Å². The molecule has 1 aliphatic rings. The minimum atomic E-state index is -5.17. The Morgan fingerprint density at radius 3 is 2.04 bits per heavy atom. The van der Waals surface area contributed by atoms with Gasteiger partial charge in [-0.25, -0.2) is 18.4 Å². The van der Waals surface area contributed by atoms with Gasteiger partial charge >= 0.3 is 18.1 Å². The van der Waals surface area contributed by atoms with E-state index < -0.39 is 57.3 Å². The van der Waals surface area contributed by atoms with E-state index in [1.807, 2.05) is 0 Å². The van der Waals surface area contributed by atoms with Crippen LogP contribution in [0.25, 0.3) is 6.08 Å². The minimum absolute atomic E-state index is 0.149. The first-order valence-corrected chi connectivity index (χ1v) is 6.64. The molecule has 1 aromatic carbocycles. The van der Waals surface area contributed by atoms with E-state index in [9.17, 15) is 31.5 Å². The zero-order chi connectivity index (χ0) is 18.4.